The number of rotatable bonds is 5. The number of nitrogens with one attached hydrogen (secondary N) is 1. The average molecular weight is 274 g/mol. The highest BCUT2D eigenvalue weighted by Crippen LogP contribution is 2.31. The zero-order valence-electron chi connectivity index (χ0n) is 13.5. The van der Waals surface area contributed by atoms with Crippen molar-refractivity contribution < 1.29 is 0 Å². The summed E-state index contributed by atoms with van der Waals surface area (Å²) in [4.78, 5) is 2.38. The molecule has 20 heavy (non-hydrogen) atoms. The van der Waals surface area contributed by atoms with Crippen LogP contribution in [0.4, 0.5) is 11.4 Å². The molecule has 3 atom stereocenters. The Labute approximate surface area is 124 Å². The molecule has 2 nitrogen and oxygen atoms in total. The van der Waals surface area contributed by atoms with E-state index in [0.29, 0.717) is 6.04 Å². The molecule has 1 aliphatic rings. The van der Waals surface area contributed by atoms with E-state index in [-0.39, 0.29) is 0 Å². The molecule has 1 aliphatic carbocycles. The van der Waals surface area contributed by atoms with Gasteiger partial charge in [0.25, 0.3) is 0 Å². The molecule has 0 amide bonds. The Kier molecular flexibility index (Phi) is 5.33. The molecule has 0 bridgehead atoms. The lowest BCUT2D eigenvalue weighted by Gasteiger charge is -2.33. The van der Waals surface area contributed by atoms with Crippen molar-refractivity contribution in [1.29, 1.82) is 0 Å². The van der Waals surface area contributed by atoms with Gasteiger partial charge in [-0.25, -0.2) is 0 Å². The molecule has 1 aromatic carbocycles. The van der Waals surface area contributed by atoms with Gasteiger partial charge >= 0.3 is 0 Å². The Morgan fingerprint density at radius 1 is 1.00 bits per heavy atom. The monoisotopic (exact) mass is 274 g/mol. The van der Waals surface area contributed by atoms with E-state index < -0.39 is 0 Å². The van der Waals surface area contributed by atoms with Gasteiger partial charge in [0.1, 0.15) is 0 Å². The molecule has 112 valence electrons. The third-order valence-electron chi connectivity index (χ3n) is 4.96. The van der Waals surface area contributed by atoms with Gasteiger partial charge in [0.2, 0.25) is 0 Å². The summed E-state index contributed by atoms with van der Waals surface area (Å²) in [6, 6.07) is 9.60. The van der Waals surface area contributed by atoms with Crippen molar-refractivity contribution in [2.24, 2.45) is 11.8 Å². The van der Waals surface area contributed by atoms with Crippen molar-refractivity contribution in [2.75, 3.05) is 23.3 Å². The van der Waals surface area contributed by atoms with Crippen molar-refractivity contribution in [3.8, 4) is 0 Å². The lowest BCUT2D eigenvalue weighted by molar-refractivity contribution is 0.261. The van der Waals surface area contributed by atoms with Gasteiger partial charge in [0.05, 0.1) is 0 Å². The summed E-state index contributed by atoms with van der Waals surface area (Å²) in [7, 11) is 0. The molecular formula is C18H30N2. The number of nitrogens with zero attached hydrogens (tertiary/aromatic N) is 1. The molecule has 1 saturated carbocycles. The van der Waals surface area contributed by atoms with Crippen LogP contribution >= 0.6 is 0 Å². The SMILES string of the molecule is CCN(CC)c1ccc(NC2CCC(C)C(C)C2)cc1. The van der Waals surface area contributed by atoms with Crippen LogP contribution in [0.5, 0.6) is 0 Å². The van der Waals surface area contributed by atoms with Gasteiger partial charge in [-0.15, -0.1) is 0 Å². The van der Waals surface area contributed by atoms with E-state index in [1.54, 1.807) is 0 Å². The van der Waals surface area contributed by atoms with Gasteiger partial charge in [0, 0.05) is 30.5 Å². The largest absolute Gasteiger partial charge is 0.382 e. The Balaban J connectivity index is 1.94. The summed E-state index contributed by atoms with van der Waals surface area (Å²) in [5, 5.41) is 3.72. The Morgan fingerprint density at radius 2 is 1.65 bits per heavy atom. The van der Waals surface area contributed by atoms with Crippen LogP contribution in [0.25, 0.3) is 0 Å². The quantitative estimate of drug-likeness (QED) is 0.832. The summed E-state index contributed by atoms with van der Waals surface area (Å²) in [5.74, 6) is 1.73. The van der Waals surface area contributed by atoms with Gasteiger partial charge in [-0.2, -0.15) is 0 Å². The zero-order chi connectivity index (χ0) is 14.5. The van der Waals surface area contributed by atoms with Crippen LogP contribution in [0, 0.1) is 11.8 Å². The molecule has 0 saturated heterocycles. The van der Waals surface area contributed by atoms with E-state index in [0.717, 1.165) is 24.9 Å². The van der Waals surface area contributed by atoms with E-state index in [1.807, 2.05) is 0 Å². The van der Waals surface area contributed by atoms with Crippen LogP contribution in [-0.4, -0.2) is 19.1 Å². The smallest absolute Gasteiger partial charge is 0.0367 e. The summed E-state index contributed by atoms with van der Waals surface area (Å²) in [6.07, 6.45) is 3.97. The van der Waals surface area contributed by atoms with Crippen LogP contribution in [-0.2, 0) is 0 Å². The minimum atomic E-state index is 0.653. The van der Waals surface area contributed by atoms with E-state index in [4.69, 9.17) is 0 Å². The fourth-order valence-electron chi connectivity index (χ4n) is 3.27. The fraction of sp³-hybridized carbons (Fsp3) is 0.667. The summed E-state index contributed by atoms with van der Waals surface area (Å²) in [5.41, 5.74) is 2.60. The van der Waals surface area contributed by atoms with Gasteiger partial charge in [-0.1, -0.05) is 13.8 Å². The molecule has 0 radical (unpaired) electrons. The molecule has 0 aromatic heterocycles. The molecular weight excluding hydrogens is 244 g/mol. The molecule has 1 fully saturated rings. The highest BCUT2D eigenvalue weighted by atomic mass is 15.1. The highest BCUT2D eigenvalue weighted by molar-refractivity contribution is 5.55. The van der Waals surface area contributed by atoms with E-state index in [2.05, 4.69) is 62.2 Å². The lowest BCUT2D eigenvalue weighted by atomic mass is 9.79. The number of hydrogen-bond acceptors (Lipinski definition) is 2. The molecule has 1 N–H and O–H groups in total. The van der Waals surface area contributed by atoms with Crippen molar-refractivity contribution >= 4 is 11.4 Å². The van der Waals surface area contributed by atoms with Crippen LogP contribution < -0.4 is 10.2 Å². The van der Waals surface area contributed by atoms with Crippen molar-refractivity contribution in [3.05, 3.63) is 24.3 Å². The maximum absolute atomic E-state index is 3.72. The van der Waals surface area contributed by atoms with Crippen molar-refractivity contribution in [2.45, 2.75) is 53.0 Å². The first kappa shape index (κ1) is 15.2. The van der Waals surface area contributed by atoms with Gasteiger partial charge in [0.15, 0.2) is 0 Å². The van der Waals surface area contributed by atoms with Crippen LogP contribution in [0.3, 0.4) is 0 Å². The molecule has 1 aromatic rings. The molecule has 2 heteroatoms. The predicted molar refractivity (Wildman–Crippen MR) is 89.6 cm³/mol. The topological polar surface area (TPSA) is 15.3 Å². The van der Waals surface area contributed by atoms with Crippen molar-refractivity contribution in [1.82, 2.24) is 0 Å². The maximum Gasteiger partial charge on any atom is 0.0367 e. The average Bonchev–Trinajstić information content (AvgIpc) is 2.46. The van der Waals surface area contributed by atoms with Crippen LogP contribution in [0.2, 0.25) is 0 Å². The second-order valence-electron chi connectivity index (χ2n) is 6.33. The first-order valence-electron chi connectivity index (χ1n) is 8.25. The normalized spacial score (nSPS) is 26.3. The first-order valence-corrected chi connectivity index (χ1v) is 8.25. The van der Waals surface area contributed by atoms with E-state index >= 15 is 0 Å². The second-order valence-corrected chi connectivity index (χ2v) is 6.33. The highest BCUT2D eigenvalue weighted by Gasteiger charge is 2.24. The molecule has 0 heterocycles. The van der Waals surface area contributed by atoms with Crippen LogP contribution in [0.15, 0.2) is 24.3 Å². The van der Waals surface area contributed by atoms with E-state index in [9.17, 15) is 0 Å². The maximum atomic E-state index is 3.72. The van der Waals surface area contributed by atoms with Crippen LogP contribution in [0.1, 0.15) is 47.0 Å². The second kappa shape index (κ2) is 7.01. The van der Waals surface area contributed by atoms with Crippen molar-refractivity contribution in [3.63, 3.8) is 0 Å². The predicted octanol–water partition coefficient (Wildman–Crippen LogP) is 4.77. The first-order chi connectivity index (χ1) is 9.63. The zero-order valence-corrected chi connectivity index (χ0v) is 13.5. The minimum absolute atomic E-state index is 0.653. The third-order valence-corrected chi connectivity index (χ3v) is 4.96. The summed E-state index contributed by atoms with van der Waals surface area (Å²) < 4.78 is 0. The molecule has 0 spiro atoms. The molecule has 2 rings (SSSR count). The third kappa shape index (κ3) is 3.68. The van der Waals surface area contributed by atoms with Gasteiger partial charge in [-0.3, -0.25) is 0 Å². The molecule has 3 unspecified atom stereocenters. The molecule has 0 aliphatic heterocycles. The van der Waals surface area contributed by atoms with Gasteiger partial charge in [-0.05, 0) is 69.2 Å². The number of hydrogen-bond donors (Lipinski definition) is 1. The Hall–Kier alpha value is -1.18. The lowest BCUT2D eigenvalue weighted by Crippen LogP contribution is -2.30. The number of benzene rings is 1. The van der Waals surface area contributed by atoms with Gasteiger partial charge < -0.3 is 10.2 Å². The summed E-state index contributed by atoms with van der Waals surface area (Å²) >= 11 is 0. The Morgan fingerprint density at radius 3 is 2.20 bits per heavy atom. The fourth-order valence-corrected chi connectivity index (χ4v) is 3.27. The summed E-state index contributed by atoms with van der Waals surface area (Å²) in [6.45, 7) is 11.3. The van der Waals surface area contributed by atoms with E-state index in [1.165, 1.54) is 30.6 Å². The minimum Gasteiger partial charge on any atom is -0.382 e. The standard InChI is InChI=1S/C18H30N2/c1-5-20(6-2)18-11-9-16(10-12-18)19-17-8-7-14(3)15(4)13-17/h9-12,14-15,17,19H,5-8,13H2,1-4H3. The Bertz CT molecular complexity index is 394. The number of anilines is 2.